The second-order valence-electron chi connectivity index (χ2n) is 2.70. The molecule has 1 aliphatic rings. The number of carbonyl (C=O) groups is 2. The van der Waals surface area contributed by atoms with E-state index in [0.29, 0.717) is 18.8 Å². The molecule has 0 aromatic heterocycles. The van der Waals surface area contributed by atoms with Gasteiger partial charge in [-0.3, -0.25) is 4.79 Å². The van der Waals surface area contributed by atoms with Gasteiger partial charge in [0.15, 0.2) is 5.78 Å². The molecule has 74 valence electrons. The number of ether oxygens (including phenoxy) is 1. The molecule has 4 heteroatoms. The van der Waals surface area contributed by atoms with Crippen molar-refractivity contribution in [1.29, 1.82) is 0 Å². The van der Waals surface area contributed by atoms with Gasteiger partial charge < -0.3 is 9.84 Å². The van der Waals surface area contributed by atoms with Gasteiger partial charge in [-0.1, -0.05) is 18.2 Å². The molecule has 0 aliphatic carbocycles. The first-order valence-electron chi connectivity index (χ1n) is 4.08. The lowest BCUT2D eigenvalue weighted by Crippen LogP contribution is -2.26. The Bertz CT molecular complexity index is 312. The van der Waals surface area contributed by atoms with Gasteiger partial charge in [-0.25, -0.2) is 4.79 Å². The zero-order valence-electron chi connectivity index (χ0n) is 7.47. The minimum Gasteiger partial charge on any atom is -0.478 e. The molecule has 0 unspecified atom stereocenters. The number of carboxylic acid groups (broad SMARTS) is 1. The molecule has 1 N–H and O–H groups in total. The van der Waals surface area contributed by atoms with Crippen LogP contribution in [0, 0.1) is 0 Å². The lowest BCUT2D eigenvalue weighted by Gasteiger charge is -2.07. The Morgan fingerprint density at radius 2 is 1.71 bits per heavy atom. The van der Waals surface area contributed by atoms with Gasteiger partial charge in [-0.2, -0.15) is 0 Å². The zero-order chi connectivity index (χ0) is 10.4. The average molecular weight is 194 g/mol. The summed E-state index contributed by atoms with van der Waals surface area (Å²) in [5.74, 6) is -0.666. The Morgan fingerprint density at radius 1 is 1.21 bits per heavy atom. The molecular formula is C10H10O4. The highest BCUT2D eigenvalue weighted by Crippen LogP contribution is 1.96. The normalized spacial score (nSPS) is 13.6. The third-order valence-corrected chi connectivity index (χ3v) is 1.55. The largest absolute Gasteiger partial charge is 0.478 e. The summed E-state index contributed by atoms with van der Waals surface area (Å²) in [4.78, 5) is 20.0. The quantitative estimate of drug-likeness (QED) is 0.723. The number of hydrogen-bond donors (Lipinski definition) is 1. The molecule has 0 saturated carbocycles. The van der Waals surface area contributed by atoms with Gasteiger partial charge in [0.25, 0.3) is 0 Å². The summed E-state index contributed by atoms with van der Waals surface area (Å²) < 4.78 is 4.48. The highest BCUT2D eigenvalue weighted by Gasteiger charge is 2.10. The molecule has 1 aromatic rings. The van der Waals surface area contributed by atoms with Crippen LogP contribution in [0.25, 0.3) is 0 Å². The van der Waals surface area contributed by atoms with E-state index in [1.165, 1.54) is 0 Å². The van der Waals surface area contributed by atoms with Gasteiger partial charge in [0.05, 0.1) is 5.56 Å². The first-order chi connectivity index (χ1) is 6.70. The van der Waals surface area contributed by atoms with Crippen LogP contribution in [0.1, 0.15) is 10.4 Å². The van der Waals surface area contributed by atoms with Crippen molar-refractivity contribution in [3.8, 4) is 0 Å². The fraction of sp³-hybridized carbons (Fsp3) is 0.200. The van der Waals surface area contributed by atoms with E-state index in [4.69, 9.17) is 5.11 Å². The molecule has 0 atom stereocenters. The van der Waals surface area contributed by atoms with Crippen molar-refractivity contribution in [3.05, 3.63) is 35.9 Å². The molecule has 1 fully saturated rings. The SMILES string of the molecule is O=C(O)c1ccccc1.O=C1COC1. The monoisotopic (exact) mass is 194 g/mol. The predicted octanol–water partition coefficient (Wildman–Crippen LogP) is 0.970. The van der Waals surface area contributed by atoms with Gasteiger partial charge in [0.2, 0.25) is 0 Å². The second kappa shape index (κ2) is 5.14. The van der Waals surface area contributed by atoms with E-state index < -0.39 is 5.97 Å². The second-order valence-corrected chi connectivity index (χ2v) is 2.70. The van der Waals surface area contributed by atoms with Crippen LogP contribution < -0.4 is 0 Å². The summed E-state index contributed by atoms with van der Waals surface area (Å²) in [7, 11) is 0. The minimum atomic E-state index is -0.879. The van der Waals surface area contributed by atoms with Crippen LogP contribution in [0.15, 0.2) is 30.3 Å². The van der Waals surface area contributed by atoms with Gasteiger partial charge in [0, 0.05) is 0 Å². The molecular weight excluding hydrogens is 184 g/mol. The first kappa shape index (κ1) is 10.4. The number of Topliss-reactive ketones (excluding diaryl/α,β-unsaturated/α-hetero) is 1. The molecule has 4 nitrogen and oxygen atoms in total. The van der Waals surface area contributed by atoms with Crippen molar-refractivity contribution in [3.63, 3.8) is 0 Å². The lowest BCUT2D eigenvalue weighted by atomic mass is 10.2. The third kappa shape index (κ3) is 3.37. The van der Waals surface area contributed by atoms with Crippen LogP contribution in [-0.2, 0) is 9.53 Å². The highest BCUT2D eigenvalue weighted by molar-refractivity contribution is 5.87. The number of rotatable bonds is 1. The van der Waals surface area contributed by atoms with E-state index >= 15 is 0 Å². The highest BCUT2D eigenvalue weighted by atomic mass is 16.5. The number of carboxylic acids is 1. The van der Waals surface area contributed by atoms with Crippen molar-refractivity contribution >= 4 is 11.8 Å². The molecule has 0 bridgehead atoms. The number of ketones is 1. The third-order valence-electron chi connectivity index (χ3n) is 1.55. The van der Waals surface area contributed by atoms with Crippen LogP contribution >= 0.6 is 0 Å². The molecule has 0 amide bonds. The Labute approximate surface area is 81.1 Å². The van der Waals surface area contributed by atoms with Gasteiger partial charge >= 0.3 is 5.97 Å². The van der Waals surface area contributed by atoms with Crippen molar-refractivity contribution in [2.75, 3.05) is 13.2 Å². The summed E-state index contributed by atoms with van der Waals surface area (Å²) in [6, 6.07) is 8.30. The topological polar surface area (TPSA) is 63.6 Å². The molecule has 14 heavy (non-hydrogen) atoms. The van der Waals surface area contributed by atoms with Crippen molar-refractivity contribution in [1.82, 2.24) is 0 Å². The molecule has 0 spiro atoms. The number of aromatic carboxylic acids is 1. The molecule has 2 rings (SSSR count). The number of carbonyl (C=O) groups excluding carboxylic acids is 1. The molecule has 1 aliphatic heterocycles. The van der Waals surface area contributed by atoms with Crippen LogP contribution in [0.5, 0.6) is 0 Å². The van der Waals surface area contributed by atoms with E-state index in [-0.39, 0.29) is 5.78 Å². The van der Waals surface area contributed by atoms with Crippen LogP contribution in [0.2, 0.25) is 0 Å². The van der Waals surface area contributed by atoms with Crippen molar-refractivity contribution < 1.29 is 19.4 Å². The van der Waals surface area contributed by atoms with Gasteiger partial charge in [-0.05, 0) is 12.1 Å². The molecule has 1 heterocycles. The fourth-order valence-corrected chi connectivity index (χ4v) is 0.766. The Kier molecular flexibility index (Phi) is 3.82. The van der Waals surface area contributed by atoms with Gasteiger partial charge in [0.1, 0.15) is 13.2 Å². The van der Waals surface area contributed by atoms with E-state index in [9.17, 15) is 9.59 Å². The maximum atomic E-state index is 10.2. The maximum absolute atomic E-state index is 10.2. The van der Waals surface area contributed by atoms with E-state index in [2.05, 4.69) is 4.74 Å². The van der Waals surface area contributed by atoms with Crippen molar-refractivity contribution in [2.45, 2.75) is 0 Å². The van der Waals surface area contributed by atoms with E-state index in [1.54, 1.807) is 30.3 Å². The average Bonchev–Trinajstić information content (AvgIpc) is 2.17. The first-order valence-corrected chi connectivity index (χ1v) is 4.08. The summed E-state index contributed by atoms with van der Waals surface area (Å²) in [5.41, 5.74) is 0.331. The molecule has 1 saturated heterocycles. The van der Waals surface area contributed by atoms with E-state index in [1.807, 2.05) is 0 Å². The standard InChI is InChI=1S/C7H6O2.C3H4O2/c8-7(9)6-4-2-1-3-5-6;4-3-1-5-2-3/h1-5H,(H,8,9);1-2H2. The van der Waals surface area contributed by atoms with Crippen LogP contribution in [0.4, 0.5) is 0 Å². The summed E-state index contributed by atoms with van der Waals surface area (Å²) in [6.45, 7) is 0.694. The number of benzene rings is 1. The van der Waals surface area contributed by atoms with Crippen LogP contribution in [0.3, 0.4) is 0 Å². The molecule has 0 radical (unpaired) electrons. The Balaban J connectivity index is 0.000000165. The minimum absolute atomic E-state index is 0.213. The molecule has 1 aromatic carbocycles. The van der Waals surface area contributed by atoms with E-state index in [0.717, 1.165) is 0 Å². The summed E-state index contributed by atoms with van der Waals surface area (Å²) in [5, 5.41) is 8.38. The smallest absolute Gasteiger partial charge is 0.335 e. The summed E-state index contributed by atoms with van der Waals surface area (Å²) >= 11 is 0. The Morgan fingerprint density at radius 3 is 1.93 bits per heavy atom. The van der Waals surface area contributed by atoms with Crippen LogP contribution in [-0.4, -0.2) is 30.1 Å². The Hall–Kier alpha value is -1.68. The van der Waals surface area contributed by atoms with Crippen molar-refractivity contribution in [2.24, 2.45) is 0 Å². The fourth-order valence-electron chi connectivity index (χ4n) is 0.766. The number of hydrogen-bond acceptors (Lipinski definition) is 3. The maximum Gasteiger partial charge on any atom is 0.335 e. The lowest BCUT2D eigenvalue weighted by molar-refractivity contribution is -0.140. The zero-order valence-corrected chi connectivity index (χ0v) is 7.47. The van der Waals surface area contributed by atoms with Gasteiger partial charge in [-0.15, -0.1) is 0 Å². The summed E-state index contributed by atoms with van der Waals surface area (Å²) in [6.07, 6.45) is 0. The predicted molar refractivity (Wildman–Crippen MR) is 49.2 cm³/mol.